The quantitative estimate of drug-likeness (QED) is 0.366. The van der Waals surface area contributed by atoms with Crippen LogP contribution in [-0.2, 0) is 0 Å². The highest BCUT2D eigenvalue weighted by molar-refractivity contribution is 6.33. The Morgan fingerprint density at radius 3 is 2.70 bits per heavy atom. The lowest BCUT2D eigenvalue weighted by atomic mass is 10.00. The number of hydrogen-bond acceptors (Lipinski definition) is 8. The summed E-state index contributed by atoms with van der Waals surface area (Å²) in [7, 11) is 3.59. The van der Waals surface area contributed by atoms with Crippen molar-refractivity contribution in [3.63, 3.8) is 0 Å². The van der Waals surface area contributed by atoms with E-state index in [1.54, 1.807) is 37.1 Å². The van der Waals surface area contributed by atoms with Gasteiger partial charge in [-0.1, -0.05) is 16.8 Å². The standard InChI is InChI=1S/C26H33ClF2N6O2/c1-15-23(22-16(2)34-37-17(22)3)32-25(19-13-18(7-8-20(19)27)36-12-6-10-30-4)33-24(15)31-21-9-11-35(5)14-26(21,28)29/h7-8,13,21,30H,6,9-12,14H2,1-5H3,(H,31,32,33). The average molecular weight is 535 g/mol. The molecule has 200 valence electrons. The number of ether oxygens (including phenoxy) is 1. The summed E-state index contributed by atoms with van der Waals surface area (Å²) in [5.74, 6) is -1.11. The first-order chi connectivity index (χ1) is 17.6. The molecule has 4 rings (SSSR count). The van der Waals surface area contributed by atoms with E-state index in [0.29, 0.717) is 69.4 Å². The molecule has 0 saturated carbocycles. The van der Waals surface area contributed by atoms with Crippen LogP contribution in [0.3, 0.4) is 0 Å². The van der Waals surface area contributed by atoms with E-state index in [1.807, 2.05) is 20.9 Å². The second-order valence-electron chi connectivity index (χ2n) is 9.50. The summed E-state index contributed by atoms with van der Waals surface area (Å²) >= 11 is 6.58. The molecule has 1 saturated heterocycles. The van der Waals surface area contributed by atoms with Gasteiger partial charge in [-0.3, -0.25) is 0 Å². The minimum Gasteiger partial charge on any atom is -0.494 e. The first-order valence-electron chi connectivity index (χ1n) is 12.3. The molecule has 1 aliphatic heterocycles. The molecule has 0 spiro atoms. The third-order valence-electron chi connectivity index (χ3n) is 6.54. The number of nitrogens with zero attached hydrogens (tertiary/aromatic N) is 4. The maximum Gasteiger partial charge on any atom is 0.280 e. The van der Waals surface area contributed by atoms with Gasteiger partial charge in [-0.2, -0.15) is 0 Å². The number of halogens is 3. The molecule has 0 aliphatic carbocycles. The Morgan fingerprint density at radius 2 is 2.03 bits per heavy atom. The maximum absolute atomic E-state index is 14.9. The van der Waals surface area contributed by atoms with Crippen LogP contribution in [0.1, 0.15) is 29.9 Å². The lowest BCUT2D eigenvalue weighted by molar-refractivity contribution is -0.0674. The average Bonchev–Trinajstić information content (AvgIpc) is 3.18. The fourth-order valence-corrected chi connectivity index (χ4v) is 4.70. The van der Waals surface area contributed by atoms with E-state index in [0.717, 1.165) is 13.0 Å². The van der Waals surface area contributed by atoms with Gasteiger partial charge in [0.05, 0.1) is 41.2 Å². The number of benzene rings is 1. The number of rotatable bonds is 9. The number of nitrogens with one attached hydrogen (secondary N) is 2. The number of aryl methyl sites for hydroxylation is 2. The Kier molecular flexibility index (Phi) is 8.30. The second kappa shape index (κ2) is 11.3. The minimum atomic E-state index is -2.92. The summed E-state index contributed by atoms with van der Waals surface area (Å²) in [6.07, 6.45) is 1.12. The fraction of sp³-hybridized carbons (Fsp3) is 0.500. The van der Waals surface area contributed by atoms with Gasteiger partial charge in [0, 0.05) is 17.7 Å². The summed E-state index contributed by atoms with van der Waals surface area (Å²) in [5.41, 5.74) is 3.07. The van der Waals surface area contributed by atoms with Gasteiger partial charge < -0.3 is 24.8 Å². The molecule has 1 aromatic carbocycles. The van der Waals surface area contributed by atoms with Gasteiger partial charge in [-0.05, 0) is 72.5 Å². The highest BCUT2D eigenvalue weighted by Crippen LogP contribution is 2.37. The molecular formula is C26H33ClF2N6O2. The Morgan fingerprint density at radius 1 is 1.24 bits per heavy atom. The zero-order valence-corrected chi connectivity index (χ0v) is 22.5. The number of anilines is 1. The molecule has 3 aromatic rings. The fourth-order valence-electron chi connectivity index (χ4n) is 4.50. The number of hydrogen-bond donors (Lipinski definition) is 2. The summed E-state index contributed by atoms with van der Waals surface area (Å²) in [5, 5.41) is 10.6. The summed E-state index contributed by atoms with van der Waals surface area (Å²) < 4.78 is 41.1. The molecule has 37 heavy (non-hydrogen) atoms. The number of alkyl halides is 2. The molecule has 0 radical (unpaired) electrons. The van der Waals surface area contributed by atoms with Gasteiger partial charge in [0.1, 0.15) is 17.3 Å². The molecule has 2 N–H and O–H groups in total. The van der Waals surface area contributed by atoms with Crippen LogP contribution in [0, 0.1) is 20.8 Å². The van der Waals surface area contributed by atoms with Crippen LogP contribution < -0.4 is 15.4 Å². The zero-order chi connectivity index (χ0) is 26.7. The molecule has 1 aliphatic rings. The van der Waals surface area contributed by atoms with E-state index < -0.39 is 12.0 Å². The van der Waals surface area contributed by atoms with Gasteiger partial charge in [0.15, 0.2) is 5.82 Å². The SMILES string of the molecule is CNCCCOc1ccc(Cl)c(-c2nc(NC3CCN(C)CC3(F)F)c(C)c(-c3c(C)noc3C)n2)c1. The van der Waals surface area contributed by atoms with Gasteiger partial charge >= 0.3 is 0 Å². The van der Waals surface area contributed by atoms with E-state index in [9.17, 15) is 8.78 Å². The van der Waals surface area contributed by atoms with Crippen molar-refractivity contribution in [1.82, 2.24) is 25.3 Å². The van der Waals surface area contributed by atoms with Gasteiger partial charge in [0.25, 0.3) is 5.92 Å². The van der Waals surface area contributed by atoms with E-state index in [-0.39, 0.29) is 13.0 Å². The zero-order valence-electron chi connectivity index (χ0n) is 21.8. The third-order valence-corrected chi connectivity index (χ3v) is 6.87. The van der Waals surface area contributed by atoms with Crippen LogP contribution in [0.5, 0.6) is 5.75 Å². The predicted octanol–water partition coefficient (Wildman–Crippen LogP) is 5.12. The van der Waals surface area contributed by atoms with Gasteiger partial charge in [0.2, 0.25) is 0 Å². The lowest BCUT2D eigenvalue weighted by Gasteiger charge is -2.37. The summed E-state index contributed by atoms with van der Waals surface area (Å²) in [6.45, 7) is 7.01. The van der Waals surface area contributed by atoms with E-state index in [1.165, 1.54) is 0 Å². The van der Waals surface area contributed by atoms with Crippen LogP contribution in [0.25, 0.3) is 22.6 Å². The maximum atomic E-state index is 14.9. The van der Waals surface area contributed by atoms with Crippen LogP contribution in [0.15, 0.2) is 22.7 Å². The number of piperidine rings is 1. The monoisotopic (exact) mass is 534 g/mol. The lowest BCUT2D eigenvalue weighted by Crippen LogP contribution is -2.53. The molecule has 11 heteroatoms. The van der Waals surface area contributed by atoms with Crippen LogP contribution >= 0.6 is 11.6 Å². The largest absolute Gasteiger partial charge is 0.494 e. The first-order valence-corrected chi connectivity index (χ1v) is 12.7. The van der Waals surface area contributed by atoms with E-state index in [4.69, 9.17) is 30.8 Å². The van der Waals surface area contributed by atoms with E-state index in [2.05, 4.69) is 15.8 Å². The second-order valence-corrected chi connectivity index (χ2v) is 9.91. The number of likely N-dealkylation sites (tertiary alicyclic amines) is 1. The van der Waals surface area contributed by atoms with Crippen molar-refractivity contribution in [1.29, 1.82) is 0 Å². The number of aromatic nitrogens is 3. The van der Waals surface area contributed by atoms with Crippen molar-refractivity contribution in [2.75, 3.05) is 45.7 Å². The molecule has 3 heterocycles. The van der Waals surface area contributed by atoms with Crippen molar-refractivity contribution in [2.24, 2.45) is 0 Å². The molecular weight excluding hydrogens is 502 g/mol. The molecule has 1 atom stereocenters. The van der Waals surface area contributed by atoms with Crippen molar-refractivity contribution >= 4 is 17.4 Å². The summed E-state index contributed by atoms with van der Waals surface area (Å²) in [4.78, 5) is 11.1. The minimum absolute atomic E-state index is 0.277. The van der Waals surface area contributed by atoms with Crippen LogP contribution in [0.2, 0.25) is 5.02 Å². The van der Waals surface area contributed by atoms with Crippen LogP contribution in [0.4, 0.5) is 14.6 Å². The first kappa shape index (κ1) is 27.2. The Hall–Kier alpha value is -2.82. The van der Waals surface area contributed by atoms with Crippen LogP contribution in [-0.4, -0.2) is 72.3 Å². The van der Waals surface area contributed by atoms with Crippen molar-refractivity contribution in [3.05, 3.63) is 40.2 Å². The van der Waals surface area contributed by atoms with Gasteiger partial charge in [-0.15, -0.1) is 0 Å². The smallest absolute Gasteiger partial charge is 0.280 e. The predicted molar refractivity (Wildman–Crippen MR) is 141 cm³/mol. The van der Waals surface area contributed by atoms with E-state index >= 15 is 0 Å². The molecule has 8 nitrogen and oxygen atoms in total. The highest BCUT2D eigenvalue weighted by Gasteiger charge is 2.44. The highest BCUT2D eigenvalue weighted by atomic mass is 35.5. The van der Waals surface area contributed by atoms with Crippen molar-refractivity contribution in [2.45, 2.75) is 45.6 Å². The molecule has 2 aromatic heterocycles. The molecule has 0 amide bonds. The third kappa shape index (κ3) is 6.02. The summed E-state index contributed by atoms with van der Waals surface area (Å²) in [6, 6.07) is 4.21. The topological polar surface area (TPSA) is 88.3 Å². The Balaban J connectivity index is 1.78. The van der Waals surface area contributed by atoms with Gasteiger partial charge in [-0.25, -0.2) is 18.7 Å². The normalized spacial score (nSPS) is 17.7. The van der Waals surface area contributed by atoms with Crippen molar-refractivity contribution < 1.29 is 18.0 Å². The van der Waals surface area contributed by atoms with Crippen molar-refractivity contribution in [3.8, 4) is 28.4 Å². The molecule has 1 unspecified atom stereocenters. The molecule has 1 fully saturated rings. The molecule has 0 bridgehead atoms. The Bertz CT molecular complexity index is 1230. The Labute approximate surface area is 220 Å².